The van der Waals surface area contributed by atoms with Crippen LogP contribution in [0.1, 0.15) is 126 Å². The molecule has 0 saturated heterocycles. The molecule has 0 aliphatic carbocycles. The molecule has 0 aliphatic heterocycles. The first-order valence-electron chi connectivity index (χ1n) is 12.6. The number of aromatic carboxylic acids is 1. The molecule has 5 heteroatoms. The van der Waals surface area contributed by atoms with Crippen molar-refractivity contribution in [3.8, 4) is 0 Å². The predicted octanol–water partition coefficient (Wildman–Crippen LogP) is 8.36. The molecule has 0 bridgehead atoms. The van der Waals surface area contributed by atoms with Gasteiger partial charge in [0.05, 0.1) is 17.9 Å². The summed E-state index contributed by atoms with van der Waals surface area (Å²) in [6.45, 7) is 5.49. The number of carboxylic acids is 1. The van der Waals surface area contributed by atoms with Gasteiger partial charge in [0.25, 0.3) is 0 Å². The fourth-order valence-electron chi connectivity index (χ4n) is 3.78. The van der Waals surface area contributed by atoms with Gasteiger partial charge in [-0.3, -0.25) is 4.98 Å². The lowest BCUT2D eigenvalue weighted by Crippen LogP contribution is -2.12. The number of nitrogens with zero attached hydrogens (tertiary/aromatic N) is 1. The number of pyridine rings is 1. The topological polar surface area (TPSA) is 59.4 Å². The highest BCUT2D eigenvalue weighted by atomic mass is 35.5. The fraction of sp³-hybridized carbons (Fsp3) is 0.704. The fourth-order valence-corrected chi connectivity index (χ4v) is 3.78. The molecule has 1 unspecified atom stereocenters. The Balaban J connectivity index is 0.00000961. The molecular weight excluding hydrogens is 422 g/mol. The Morgan fingerprint density at radius 1 is 0.969 bits per heavy atom. The van der Waals surface area contributed by atoms with Gasteiger partial charge in [0.1, 0.15) is 0 Å². The third-order valence-electron chi connectivity index (χ3n) is 5.70. The normalized spacial score (nSPS) is 12.1. The van der Waals surface area contributed by atoms with E-state index in [1.807, 2.05) is 6.92 Å². The van der Waals surface area contributed by atoms with E-state index in [0.29, 0.717) is 12.3 Å². The van der Waals surface area contributed by atoms with Gasteiger partial charge in [0.2, 0.25) is 0 Å². The molecular formula is C27H46ClNO3. The minimum atomic E-state index is -0.928. The maximum atomic E-state index is 11.3. The van der Waals surface area contributed by atoms with Crippen molar-refractivity contribution < 1.29 is 14.6 Å². The van der Waals surface area contributed by atoms with Gasteiger partial charge in [-0.25, -0.2) is 4.79 Å². The lowest BCUT2D eigenvalue weighted by molar-refractivity contribution is 0.0692. The van der Waals surface area contributed by atoms with Crippen LogP contribution in [0.2, 0.25) is 0 Å². The molecule has 0 spiro atoms. The summed E-state index contributed by atoms with van der Waals surface area (Å²) in [5.41, 5.74) is 0.881. The molecule has 1 N–H and O–H groups in total. The maximum Gasteiger partial charge on any atom is 0.337 e. The second kappa shape index (κ2) is 21.5. The summed E-state index contributed by atoms with van der Waals surface area (Å²) in [4.78, 5) is 15.5. The Morgan fingerprint density at radius 3 is 2.12 bits per heavy atom. The maximum absolute atomic E-state index is 11.3. The number of hydrogen-bond acceptors (Lipinski definition) is 3. The van der Waals surface area contributed by atoms with Crippen LogP contribution < -0.4 is 0 Å². The standard InChI is InChI=1S/C27H45NO3.ClH/c1-3-4-5-6-7-8-9-10-11-12-13-14-15-16-17-18-22-31-23-24(2)26-25(27(29)30)20-19-21-28-26;/h10-11,19-21,24H,3-9,12-18,22-23H2,1-2H3,(H,29,30);1H. The Morgan fingerprint density at radius 2 is 1.53 bits per heavy atom. The average Bonchev–Trinajstić information content (AvgIpc) is 2.78. The first-order chi connectivity index (χ1) is 15.2. The van der Waals surface area contributed by atoms with Crippen molar-refractivity contribution in [1.82, 2.24) is 4.98 Å². The zero-order chi connectivity index (χ0) is 22.6. The molecule has 0 saturated carbocycles. The van der Waals surface area contributed by atoms with Crippen molar-refractivity contribution in [2.24, 2.45) is 0 Å². The minimum absolute atomic E-state index is 0. The molecule has 1 aromatic rings. The third-order valence-corrected chi connectivity index (χ3v) is 5.70. The van der Waals surface area contributed by atoms with Gasteiger partial charge < -0.3 is 9.84 Å². The monoisotopic (exact) mass is 467 g/mol. The van der Waals surface area contributed by atoms with Crippen LogP contribution in [0.25, 0.3) is 0 Å². The highest BCUT2D eigenvalue weighted by Crippen LogP contribution is 2.18. The van der Waals surface area contributed by atoms with Gasteiger partial charge in [-0.2, -0.15) is 0 Å². The van der Waals surface area contributed by atoms with Gasteiger partial charge in [0, 0.05) is 18.7 Å². The van der Waals surface area contributed by atoms with Crippen LogP contribution in [0, 0.1) is 0 Å². The molecule has 4 nitrogen and oxygen atoms in total. The first-order valence-corrected chi connectivity index (χ1v) is 12.6. The lowest BCUT2D eigenvalue weighted by atomic mass is 10.0. The number of aromatic nitrogens is 1. The summed E-state index contributed by atoms with van der Waals surface area (Å²) in [6, 6.07) is 3.26. The SMILES string of the molecule is CCCCCCCCC=CCCCCCCCCOCC(C)c1ncccc1C(=O)O.Cl. The van der Waals surface area contributed by atoms with Crippen molar-refractivity contribution in [1.29, 1.82) is 0 Å². The van der Waals surface area contributed by atoms with Gasteiger partial charge in [0.15, 0.2) is 0 Å². The van der Waals surface area contributed by atoms with Gasteiger partial charge in [-0.05, 0) is 44.2 Å². The molecule has 1 aromatic heterocycles. The number of allylic oxidation sites excluding steroid dienone is 2. The van der Waals surface area contributed by atoms with Crippen LogP contribution in [0.5, 0.6) is 0 Å². The molecule has 32 heavy (non-hydrogen) atoms. The second-order valence-corrected chi connectivity index (χ2v) is 8.66. The number of halogens is 1. The quantitative estimate of drug-likeness (QED) is 0.154. The second-order valence-electron chi connectivity index (χ2n) is 8.66. The molecule has 0 aliphatic rings. The van der Waals surface area contributed by atoms with E-state index in [2.05, 4.69) is 24.1 Å². The highest BCUT2D eigenvalue weighted by Gasteiger charge is 2.16. The smallest absolute Gasteiger partial charge is 0.337 e. The Bertz CT molecular complexity index is 606. The van der Waals surface area contributed by atoms with Crippen LogP contribution >= 0.6 is 12.4 Å². The van der Waals surface area contributed by atoms with Crippen molar-refractivity contribution in [3.63, 3.8) is 0 Å². The minimum Gasteiger partial charge on any atom is -0.478 e. The average molecular weight is 468 g/mol. The van der Waals surface area contributed by atoms with Crippen LogP contribution in [0.15, 0.2) is 30.5 Å². The molecule has 0 aromatic carbocycles. The Kier molecular flexibility index (Phi) is 20.5. The van der Waals surface area contributed by atoms with E-state index < -0.39 is 5.97 Å². The van der Waals surface area contributed by atoms with Gasteiger partial charge in [-0.1, -0.05) is 83.8 Å². The summed E-state index contributed by atoms with van der Waals surface area (Å²) >= 11 is 0. The van der Waals surface area contributed by atoms with Crippen LogP contribution in [0.4, 0.5) is 0 Å². The number of unbranched alkanes of at least 4 members (excludes halogenated alkanes) is 12. The largest absolute Gasteiger partial charge is 0.478 e. The number of rotatable bonds is 20. The van der Waals surface area contributed by atoms with Crippen molar-refractivity contribution in [2.75, 3.05) is 13.2 Å². The van der Waals surface area contributed by atoms with E-state index in [-0.39, 0.29) is 23.9 Å². The van der Waals surface area contributed by atoms with Gasteiger partial charge >= 0.3 is 5.97 Å². The van der Waals surface area contributed by atoms with E-state index in [1.165, 1.54) is 83.5 Å². The van der Waals surface area contributed by atoms with Crippen molar-refractivity contribution >= 4 is 18.4 Å². The summed E-state index contributed by atoms with van der Waals surface area (Å²) < 4.78 is 5.76. The van der Waals surface area contributed by atoms with Crippen LogP contribution in [0.3, 0.4) is 0 Å². The number of ether oxygens (including phenoxy) is 1. The molecule has 1 atom stereocenters. The van der Waals surface area contributed by atoms with Crippen LogP contribution in [-0.4, -0.2) is 29.3 Å². The van der Waals surface area contributed by atoms with Crippen molar-refractivity contribution in [2.45, 2.75) is 110 Å². The van der Waals surface area contributed by atoms with E-state index in [0.717, 1.165) is 13.0 Å². The number of hydrogen-bond donors (Lipinski definition) is 1. The van der Waals surface area contributed by atoms with Crippen molar-refractivity contribution in [3.05, 3.63) is 41.7 Å². The Hall–Kier alpha value is -1.39. The molecule has 184 valence electrons. The molecule has 0 radical (unpaired) electrons. The number of carboxylic acid groups (broad SMARTS) is 1. The molecule has 0 amide bonds. The van der Waals surface area contributed by atoms with Gasteiger partial charge in [-0.15, -0.1) is 12.4 Å². The summed E-state index contributed by atoms with van der Waals surface area (Å²) in [5, 5.41) is 9.26. The summed E-state index contributed by atoms with van der Waals surface area (Å²) in [6.07, 6.45) is 24.6. The predicted molar refractivity (Wildman–Crippen MR) is 137 cm³/mol. The highest BCUT2D eigenvalue weighted by molar-refractivity contribution is 5.88. The zero-order valence-corrected chi connectivity index (χ0v) is 21.2. The molecule has 1 heterocycles. The lowest BCUT2D eigenvalue weighted by Gasteiger charge is -2.13. The van der Waals surface area contributed by atoms with E-state index in [4.69, 9.17) is 4.74 Å². The molecule has 1 rings (SSSR count). The summed E-state index contributed by atoms with van der Waals surface area (Å²) in [7, 11) is 0. The first kappa shape index (κ1) is 30.6. The zero-order valence-electron chi connectivity index (χ0n) is 20.4. The van der Waals surface area contributed by atoms with Crippen LogP contribution in [-0.2, 0) is 4.74 Å². The Labute approximate surface area is 202 Å². The summed E-state index contributed by atoms with van der Waals surface area (Å²) in [5.74, 6) is -0.940. The van der Waals surface area contributed by atoms with E-state index in [1.54, 1.807) is 18.3 Å². The molecule has 0 fully saturated rings. The third kappa shape index (κ3) is 15.4. The van der Waals surface area contributed by atoms with E-state index in [9.17, 15) is 9.90 Å². The van der Waals surface area contributed by atoms with E-state index >= 15 is 0 Å². The number of carbonyl (C=O) groups is 1.